The molecule has 0 radical (unpaired) electrons. The van der Waals surface area contributed by atoms with Crippen molar-refractivity contribution in [3.8, 4) is 0 Å². The number of hydrogen-bond donors (Lipinski definition) is 1. The van der Waals surface area contributed by atoms with Gasteiger partial charge in [0.2, 0.25) is 0 Å². The molecule has 1 heterocycles. The Hall–Kier alpha value is -0.760. The van der Waals surface area contributed by atoms with Crippen molar-refractivity contribution in [3.05, 3.63) is 34.4 Å². The summed E-state index contributed by atoms with van der Waals surface area (Å²) in [5.41, 5.74) is 2.64. The van der Waals surface area contributed by atoms with Gasteiger partial charge in [-0.15, -0.1) is 0 Å². The van der Waals surface area contributed by atoms with E-state index in [4.69, 9.17) is 0 Å². The normalized spacial score (nSPS) is 16.7. The maximum atomic E-state index is 3.55. The summed E-state index contributed by atoms with van der Waals surface area (Å²) in [4.78, 5) is 3.48. The first kappa shape index (κ1) is 7.63. The van der Waals surface area contributed by atoms with Crippen LogP contribution in [-0.4, -0.2) is 4.98 Å². The molecule has 1 aliphatic rings. The third-order valence-electron chi connectivity index (χ3n) is 2.64. The molecule has 0 aliphatic heterocycles. The molecule has 0 unspecified atom stereocenters. The van der Waals surface area contributed by atoms with Gasteiger partial charge >= 0.3 is 0 Å². The molecule has 1 aromatic carbocycles. The molecule has 2 aromatic rings. The average Bonchev–Trinajstić information content (AvgIpc) is 2.87. The molecule has 3 rings (SSSR count). The maximum Gasteiger partial charge on any atom is 0.0600 e. The third-order valence-corrected chi connectivity index (χ3v) is 3.30. The zero-order chi connectivity index (χ0) is 8.84. The molecule has 2 heteroatoms. The minimum atomic E-state index is 0.805. The van der Waals surface area contributed by atoms with Gasteiger partial charge in [0.15, 0.2) is 0 Å². The lowest BCUT2D eigenvalue weighted by molar-refractivity contribution is 1.06. The van der Waals surface area contributed by atoms with E-state index in [9.17, 15) is 0 Å². The Balaban J connectivity index is 2.26. The van der Waals surface area contributed by atoms with Crippen molar-refractivity contribution in [1.29, 1.82) is 0 Å². The van der Waals surface area contributed by atoms with Crippen molar-refractivity contribution >= 4 is 26.8 Å². The van der Waals surface area contributed by atoms with Crippen LogP contribution >= 0.6 is 15.9 Å². The Morgan fingerprint density at radius 1 is 1.31 bits per heavy atom. The van der Waals surface area contributed by atoms with Gasteiger partial charge in [-0.2, -0.15) is 0 Å². The Labute approximate surface area is 85.3 Å². The molecule has 66 valence electrons. The Morgan fingerprint density at radius 3 is 2.85 bits per heavy atom. The lowest BCUT2D eigenvalue weighted by Gasteiger charge is -1.91. The molecule has 0 spiro atoms. The zero-order valence-corrected chi connectivity index (χ0v) is 8.76. The molecule has 0 amide bonds. The fourth-order valence-electron chi connectivity index (χ4n) is 1.76. The van der Waals surface area contributed by atoms with E-state index in [2.05, 4.69) is 45.2 Å². The zero-order valence-electron chi connectivity index (χ0n) is 7.18. The lowest BCUT2D eigenvalue weighted by Crippen LogP contribution is -1.75. The molecule has 1 fully saturated rings. The van der Waals surface area contributed by atoms with Gasteiger partial charge in [0.1, 0.15) is 0 Å². The van der Waals surface area contributed by atoms with Crippen molar-refractivity contribution in [3.63, 3.8) is 0 Å². The van der Waals surface area contributed by atoms with E-state index in [-0.39, 0.29) is 0 Å². The summed E-state index contributed by atoms with van der Waals surface area (Å²) in [7, 11) is 0. The van der Waals surface area contributed by atoms with Crippen molar-refractivity contribution in [2.45, 2.75) is 18.8 Å². The second-order valence-corrected chi connectivity index (χ2v) is 4.56. The van der Waals surface area contributed by atoms with Crippen LogP contribution < -0.4 is 0 Å². The van der Waals surface area contributed by atoms with Gasteiger partial charge in [0, 0.05) is 15.6 Å². The molecule has 13 heavy (non-hydrogen) atoms. The van der Waals surface area contributed by atoms with Gasteiger partial charge in [0.05, 0.1) is 5.52 Å². The van der Waals surface area contributed by atoms with Crippen molar-refractivity contribution in [2.24, 2.45) is 0 Å². The van der Waals surface area contributed by atoms with Crippen LogP contribution in [0.25, 0.3) is 10.9 Å². The Morgan fingerprint density at radius 2 is 2.15 bits per heavy atom. The SMILES string of the molecule is Brc1cccc2cc(C3CC3)[nH]c12. The number of fused-ring (bicyclic) bond motifs is 1. The highest BCUT2D eigenvalue weighted by Crippen LogP contribution is 2.41. The molecule has 0 bridgehead atoms. The summed E-state index contributed by atoms with van der Waals surface area (Å²) in [6.07, 6.45) is 2.70. The molecule has 1 nitrogen and oxygen atoms in total. The van der Waals surface area contributed by atoms with E-state index >= 15 is 0 Å². The van der Waals surface area contributed by atoms with E-state index in [0.717, 1.165) is 10.4 Å². The number of benzene rings is 1. The number of hydrogen-bond acceptors (Lipinski definition) is 0. The van der Waals surface area contributed by atoms with E-state index in [1.165, 1.54) is 29.4 Å². The van der Waals surface area contributed by atoms with Crippen LogP contribution in [0.5, 0.6) is 0 Å². The van der Waals surface area contributed by atoms with Crippen molar-refractivity contribution in [1.82, 2.24) is 4.98 Å². The molecule has 0 saturated heterocycles. The topological polar surface area (TPSA) is 15.8 Å². The number of H-pyrrole nitrogens is 1. The van der Waals surface area contributed by atoms with Crippen molar-refractivity contribution < 1.29 is 0 Å². The molecule has 1 N–H and O–H groups in total. The molecule has 1 aliphatic carbocycles. The van der Waals surface area contributed by atoms with Crippen LogP contribution in [-0.2, 0) is 0 Å². The summed E-state index contributed by atoms with van der Waals surface area (Å²) in [5, 5.41) is 1.32. The number of nitrogens with one attached hydrogen (secondary N) is 1. The summed E-state index contributed by atoms with van der Waals surface area (Å²) >= 11 is 3.55. The van der Waals surface area contributed by atoms with Crippen LogP contribution in [0.3, 0.4) is 0 Å². The number of para-hydroxylation sites is 1. The number of aromatic amines is 1. The highest BCUT2D eigenvalue weighted by Gasteiger charge is 2.25. The monoisotopic (exact) mass is 235 g/mol. The highest BCUT2D eigenvalue weighted by atomic mass is 79.9. The Bertz CT molecular complexity index is 454. The first-order valence-corrected chi connectivity index (χ1v) is 5.41. The highest BCUT2D eigenvalue weighted by molar-refractivity contribution is 9.10. The second-order valence-electron chi connectivity index (χ2n) is 3.70. The smallest absolute Gasteiger partial charge is 0.0600 e. The first-order valence-electron chi connectivity index (χ1n) is 4.62. The fraction of sp³-hybridized carbons (Fsp3) is 0.273. The van der Waals surface area contributed by atoms with E-state index in [1.54, 1.807) is 0 Å². The predicted octanol–water partition coefficient (Wildman–Crippen LogP) is 3.81. The quantitative estimate of drug-likeness (QED) is 0.774. The molecule has 1 saturated carbocycles. The maximum absolute atomic E-state index is 3.55. The van der Waals surface area contributed by atoms with Gasteiger partial charge in [-0.1, -0.05) is 12.1 Å². The van der Waals surface area contributed by atoms with Crippen LogP contribution in [0.1, 0.15) is 24.5 Å². The van der Waals surface area contributed by atoms with Gasteiger partial charge in [0.25, 0.3) is 0 Å². The summed E-state index contributed by atoms with van der Waals surface area (Å²) < 4.78 is 1.16. The van der Waals surface area contributed by atoms with E-state index in [1.807, 2.05) is 0 Å². The largest absolute Gasteiger partial charge is 0.357 e. The Kier molecular flexibility index (Phi) is 1.53. The first-order chi connectivity index (χ1) is 6.34. The average molecular weight is 236 g/mol. The second kappa shape index (κ2) is 2.61. The van der Waals surface area contributed by atoms with Gasteiger partial charge in [-0.3, -0.25) is 0 Å². The number of halogens is 1. The van der Waals surface area contributed by atoms with Gasteiger partial charge < -0.3 is 4.98 Å². The third kappa shape index (κ3) is 1.20. The summed E-state index contributed by atoms with van der Waals surface area (Å²) in [6, 6.07) is 8.59. The van der Waals surface area contributed by atoms with E-state index in [0.29, 0.717) is 0 Å². The minimum Gasteiger partial charge on any atom is -0.357 e. The predicted molar refractivity (Wildman–Crippen MR) is 58.0 cm³/mol. The van der Waals surface area contributed by atoms with Crippen LogP contribution in [0.2, 0.25) is 0 Å². The molecule has 0 atom stereocenters. The minimum absolute atomic E-state index is 0.805. The van der Waals surface area contributed by atoms with Gasteiger partial charge in [-0.25, -0.2) is 0 Å². The van der Waals surface area contributed by atoms with E-state index < -0.39 is 0 Å². The number of aromatic nitrogens is 1. The van der Waals surface area contributed by atoms with Crippen LogP contribution in [0, 0.1) is 0 Å². The van der Waals surface area contributed by atoms with Crippen LogP contribution in [0.4, 0.5) is 0 Å². The van der Waals surface area contributed by atoms with Gasteiger partial charge in [-0.05, 0) is 46.8 Å². The molecule has 1 aromatic heterocycles. The fourth-order valence-corrected chi connectivity index (χ4v) is 2.24. The van der Waals surface area contributed by atoms with Crippen LogP contribution in [0.15, 0.2) is 28.7 Å². The molecular weight excluding hydrogens is 226 g/mol. The summed E-state index contributed by atoms with van der Waals surface area (Å²) in [6.45, 7) is 0. The standard InChI is InChI=1S/C11H10BrN/c12-9-3-1-2-8-6-10(7-4-5-7)13-11(8)9/h1-3,6-7,13H,4-5H2. The lowest BCUT2D eigenvalue weighted by atomic mass is 10.2. The summed E-state index contributed by atoms with van der Waals surface area (Å²) in [5.74, 6) is 0.805. The van der Waals surface area contributed by atoms with Crippen molar-refractivity contribution in [2.75, 3.05) is 0 Å². The number of rotatable bonds is 1. The molecular formula is C11H10BrN.